The molecule has 1 N–H and O–H groups in total. The maximum absolute atomic E-state index is 6.07. The molecule has 1 aromatic heterocycles. The Morgan fingerprint density at radius 2 is 2.28 bits per heavy atom. The van der Waals surface area contributed by atoms with Gasteiger partial charge in [0.1, 0.15) is 0 Å². The number of nitrogens with zero attached hydrogens (tertiary/aromatic N) is 2. The van der Waals surface area contributed by atoms with Crippen molar-refractivity contribution in [3.63, 3.8) is 0 Å². The van der Waals surface area contributed by atoms with Gasteiger partial charge in [-0.15, -0.1) is 0 Å². The molecule has 0 amide bonds. The van der Waals surface area contributed by atoms with E-state index >= 15 is 0 Å². The quantitative estimate of drug-likeness (QED) is 0.832. The van der Waals surface area contributed by atoms with Gasteiger partial charge in [-0.25, -0.2) is 0 Å². The summed E-state index contributed by atoms with van der Waals surface area (Å²) in [6.07, 6.45) is 0.734. The molecule has 96 valence electrons. The van der Waals surface area contributed by atoms with Crippen LogP contribution in [0.3, 0.4) is 0 Å². The molecule has 0 fully saturated rings. The summed E-state index contributed by atoms with van der Waals surface area (Å²) in [4.78, 5) is 4.36. The van der Waals surface area contributed by atoms with Crippen LogP contribution in [0.1, 0.15) is 12.7 Å². The number of hydrogen-bond donors (Lipinski definition) is 1. The molecule has 0 saturated carbocycles. The normalized spacial score (nSPS) is 12.7. The number of aromatic nitrogens is 2. The van der Waals surface area contributed by atoms with Crippen LogP contribution in [0.15, 0.2) is 22.7 Å². The summed E-state index contributed by atoms with van der Waals surface area (Å²) in [5, 5.41) is 7.79. The molecule has 18 heavy (non-hydrogen) atoms. The monoisotopic (exact) mass is 377 g/mol. The Labute approximate surface area is 124 Å². The molecule has 1 unspecified atom stereocenters. The van der Waals surface area contributed by atoms with Gasteiger partial charge in [-0.1, -0.05) is 16.8 Å². The molecule has 0 aliphatic carbocycles. The molecule has 1 heterocycles. The SMILES string of the molecule is CNC(C)Cc1noc(-c2ccc(I)c(Cl)c2)n1. The van der Waals surface area contributed by atoms with E-state index in [2.05, 4.69) is 45.0 Å². The van der Waals surface area contributed by atoms with E-state index in [-0.39, 0.29) is 0 Å². The lowest BCUT2D eigenvalue weighted by molar-refractivity contribution is 0.418. The van der Waals surface area contributed by atoms with Gasteiger partial charge < -0.3 is 9.84 Å². The highest BCUT2D eigenvalue weighted by atomic mass is 127. The minimum absolute atomic E-state index is 0.316. The first kappa shape index (κ1) is 13.8. The molecule has 0 aliphatic heterocycles. The Kier molecular flexibility index (Phi) is 4.58. The molecule has 2 aromatic rings. The third kappa shape index (κ3) is 3.21. The third-order valence-electron chi connectivity index (χ3n) is 2.62. The smallest absolute Gasteiger partial charge is 0.257 e. The summed E-state index contributed by atoms with van der Waals surface area (Å²) in [5.74, 6) is 1.20. The molecular weight excluding hydrogens is 365 g/mol. The van der Waals surface area contributed by atoms with Crippen molar-refractivity contribution >= 4 is 34.2 Å². The molecule has 6 heteroatoms. The van der Waals surface area contributed by atoms with Crippen LogP contribution in [0.4, 0.5) is 0 Å². The maximum Gasteiger partial charge on any atom is 0.257 e. The summed E-state index contributed by atoms with van der Waals surface area (Å²) in [7, 11) is 1.91. The first-order valence-corrected chi connectivity index (χ1v) is 7.01. The first-order chi connectivity index (χ1) is 8.60. The predicted molar refractivity (Wildman–Crippen MR) is 79.7 cm³/mol. The second-order valence-electron chi connectivity index (χ2n) is 4.04. The Balaban J connectivity index is 2.21. The Morgan fingerprint density at radius 3 is 2.94 bits per heavy atom. The minimum Gasteiger partial charge on any atom is -0.334 e. The van der Waals surface area contributed by atoms with E-state index in [9.17, 15) is 0 Å². The highest BCUT2D eigenvalue weighted by Crippen LogP contribution is 2.25. The van der Waals surface area contributed by atoms with Crippen LogP contribution in [0, 0.1) is 3.57 Å². The van der Waals surface area contributed by atoms with Gasteiger partial charge in [-0.3, -0.25) is 0 Å². The molecular formula is C12H13ClIN3O. The zero-order valence-electron chi connectivity index (χ0n) is 10.1. The Bertz CT molecular complexity index is 544. The molecule has 0 saturated heterocycles. The lowest BCUT2D eigenvalue weighted by atomic mass is 10.2. The summed E-state index contributed by atoms with van der Waals surface area (Å²) >= 11 is 8.25. The van der Waals surface area contributed by atoms with E-state index in [0.29, 0.717) is 22.8 Å². The fourth-order valence-electron chi connectivity index (χ4n) is 1.46. The van der Waals surface area contributed by atoms with Crippen molar-refractivity contribution in [2.24, 2.45) is 0 Å². The van der Waals surface area contributed by atoms with Gasteiger partial charge in [-0.2, -0.15) is 4.98 Å². The van der Waals surface area contributed by atoms with Gasteiger partial charge in [0.05, 0.1) is 5.02 Å². The van der Waals surface area contributed by atoms with Crippen molar-refractivity contribution in [3.8, 4) is 11.5 Å². The van der Waals surface area contributed by atoms with E-state index in [1.807, 2.05) is 25.2 Å². The van der Waals surface area contributed by atoms with Crippen LogP contribution in [0.25, 0.3) is 11.5 Å². The highest BCUT2D eigenvalue weighted by molar-refractivity contribution is 14.1. The molecule has 0 aliphatic rings. The van der Waals surface area contributed by atoms with Crippen molar-refractivity contribution in [3.05, 3.63) is 32.6 Å². The molecule has 4 nitrogen and oxygen atoms in total. The number of nitrogens with one attached hydrogen (secondary N) is 1. The summed E-state index contributed by atoms with van der Waals surface area (Å²) in [5.41, 5.74) is 0.844. The zero-order valence-corrected chi connectivity index (χ0v) is 13.0. The van der Waals surface area contributed by atoms with Crippen molar-refractivity contribution < 1.29 is 4.52 Å². The molecule has 1 aromatic carbocycles. The number of halogens is 2. The summed E-state index contributed by atoms with van der Waals surface area (Å²) in [6, 6.07) is 6.00. The van der Waals surface area contributed by atoms with Gasteiger partial charge in [0.25, 0.3) is 5.89 Å². The maximum atomic E-state index is 6.07. The fourth-order valence-corrected chi connectivity index (χ4v) is 1.98. The van der Waals surface area contributed by atoms with Crippen LogP contribution in [-0.2, 0) is 6.42 Å². The second kappa shape index (κ2) is 5.99. The van der Waals surface area contributed by atoms with E-state index in [4.69, 9.17) is 16.1 Å². The van der Waals surface area contributed by atoms with Crippen molar-refractivity contribution in [1.82, 2.24) is 15.5 Å². The van der Waals surface area contributed by atoms with Crippen molar-refractivity contribution in [2.45, 2.75) is 19.4 Å². The van der Waals surface area contributed by atoms with Crippen LogP contribution in [0.5, 0.6) is 0 Å². The standard InChI is InChI=1S/C12H13ClIN3O/c1-7(15-2)5-11-16-12(18-17-11)8-3-4-10(14)9(13)6-8/h3-4,6-7,15H,5H2,1-2H3. The predicted octanol–water partition coefficient (Wildman–Crippen LogP) is 3.15. The molecule has 0 spiro atoms. The summed E-state index contributed by atoms with van der Waals surface area (Å²) < 4.78 is 6.24. The van der Waals surface area contributed by atoms with E-state index in [1.165, 1.54) is 0 Å². The number of rotatable bonds is 4. The van der Waals surface area contributed by atoms with Crippen molar-refractivity contribution in [1.29, 1.82) is 0 Å². The van der Waals surface area contributed by atoms with Crippen LogP contribution >= 0.6 is 34.2 Å². The van der Waals surface area contributed by atoms with Gasteiger partial charge >= 0.3 is 0 Å². The minimum atomic E-state index is 0.316. The Hall–Kier alpha value is -0.660. The average Bonchev–Trinajstić information content (AvgIpc) is 2.81. The van der Waals surface area contributed by atoms with E-state index < -0.39 is 0 Å². The van der Waals surface area contributed by atoms with Gasteiger partial charge in [0.15, 0.2) is 5.82 Å². The van der Waals surface area contributed by atoms with Gasteiger partial charge in [0, 0.05) is 21.6 Å². The molecule has 1 atom stereocenters. The fraction of sp³-hybridized carbons (Fsp3) is 0.333. The zero-order chi connectivity index (χ0) is 13.1. The number of hydrogen-bond acceptors (Lipinski definition) is 4. The molecule has 0 radical (unpaired) electrons. The topological polar surface area (TPSA) is 51.0 Å². The Morgan fingerprint density at radius 1 is 1.50 bits per heavy atom. The lowest BCUT2D eigenvalue weighted by Gasteiger charge is -2.04. The molecule has 2 rings (SSSR count). The second-order valence-corrected chi connectivity index (χ2v) is 5.61. The lowest BCUT2D eigenvalue weighted by Crippen LogP contribution is -2.24. The molecule has 0 bridgehead atoms. The van der Waals surface area contributed by atoms with Crippen molar-refractivity contribution in [2.75, 3.05) is 7.05 Å². The summed E-state index contributed by atoms with van der Waals surface area (Å²) in [6.45, 7) is 2.07. The van der Waals surface area contributed by atoms with Gasteiger partial charge in [0.2, 0.25) is 0 Å². The van der Waals surface area contributed by atoms with Crippen LogP contribution in [0.2, 0.25) is 5.02 Å². The number of likely N-dealkylation sites (N-methyl/N-ethyl adjacent to an activating group) is 1. The number of benzene rings is 1. The highest BCUT2D eigenvalue weighted by Gasteiger charge is 2.12. The third-order valence-corrected chi connectivity index (χ3v) is 4.19. The van der Waals surface area contributed by atoms with Gasteiger partial charge in [-0.05, 0) is 54.8 Å². The van der Waals surface area contributed by atoms with E-state index in [0.717, 1.165) is 15.6 Å². The van der Waals surface area contributed by atoms with Crippen LogP contribution in [-0.4, -0.2) is 23.2 Å². The average molecular weight is 378 g/mol. The van der Waals surface area contributed by atoms with E-state index in [1.54, 1.807) is 0 Å². The largest absolute Gasteiger partial charge is 0.334 e. The first-order valence-electron chi connectivity index (χ1n) is 5.55. The van der Waals surface area contributed by atoms with Crippen LogP contribution < -0.4 is 5.32 Å².